The van der Waals surface area contributed by atoms with Crippen LogP contribution < -0.4 is 16.0 Å². The summed E-state index contributed by atoms with van der Waals surface area (Å²) >= 11 is 0. The van der Waals surface area contributed by atoms with Gasteiger partial charge >= 0.3 is 20.5 Å². The zero-order valence-electron chi connectivity index (χ0n) is 28.0. The number of ether oxygens (including phenoxy) is 2. The molecule has 1 aromatic heterocycles. The number of anilines is 5. The van der Waals surface area contributed by atoms with Crippen molar-refractivity contribution in [2.45, 2.75) is 65.2 Å². The molecule has 0 aliphatic rings. The van der Waals surface area contributed by atoms with Gasteiger partial charge in [0.05, 0.1) is 24.0 Å². The van der Waals surface area contributed by atoms with Crippen molar-refractivity contribution in [2.24, 2.45) is 0 Å². The van der Waals surface area contributed by atoms with Crippen molar-refractivity contribution in [3.05, 3.63) is 72.5 Å². The Morgan fingerprint density at radius 2 is 1.20 bits per heavy atom. The molecule has 0 atom stereocenters. The Hall–Kier alpha value is -3.90. The minimum absolute atomic E-state index is 0.285. The normalized spacial score (nSPS) is 11.8. The summed E-state index contributed by atoms with van der Waals surface area (Å²) in [6, 6.07) is 14.4. The first-order valence-electron chi connectivity index (χ1n) is 15.2. The predicted octanol–water partition coefficient (Wildman–Crippen LogP) is 7.41. The van der Waals surface area contributed by atoms with Crippen molar-refractivity contribution < 1.29 is 27.3 Å². The summed E-state index contributed by atoms with van der Waals surface area (Å²) in [5, 5.41) is 9.69. The van der Waals surface area contributed by atoms with Crippen LogP contribution in [0.3, 0.4) is 0 Å². The first kappa shape index (κ1) is 36.6. The Balaban J connectivity index is 1.79. The highest BCUT2D eigenvalue weighted by atomic mass is 28.5. The largest absolute Gasteiger partial charge is 0.462 e. The molecule has 0 fully saturated rings. The van der Waals surface area contributed by atoms with Crippen LogP contribution in [-0.4, -0.2) is 65.2 Å². The Morgan fingerprint density at radius 3 is 1.63 bits per heavy atom. The third kappa shape index (κ3) is 12.5. The summed E-state index contributed by atoms with van der Waals surface area (Å²) < 4.78 is 23.2. The van der Waals surface area contributed by atoms with Crippen LogP contribution >= 0.6 is 0 Å². The lowest BCUT2D eigenvalue weighted by Gasteiger charge is -2.38. The summed E-state index contributed by atoms with van der Waals surface area (Å²) in [6.45, 7) is 21.4. The Kier molecular flexibility index (Phi) is 12.8. The smallest absolute Gasteiger partial charge is 0.342 e. The summed E-state index contributed by atoms with van der Waals surface area (Å²) in [6.07, 6.45) is 1.90. The second-order valence-electron chi connectivity index (χ2n) is 12.6. The first-order valence-corrected chi connectivity index (χ1v) is 24.6. The standard InChI is InChI=1S/C31H46N6O6Si3/c1-10-40-27(38)23-13-17-25(18-14-23)33-30-35-29(32-21-12-22-46(9,42-44(3,4)5)43-45(6,7)8)36-31(37-30)34-26-19-15-24(16-20-26)28(39)41-11-2/h10,13-20H,1,11-12,21-22H2,2-9H3,(H3,32,33,34,35,36,37). The highest BCUT2D eigenvalue weighted by molar-refractivity contribution is 6.87. The predicted molar refractivity (Wildman–Crippen MR) is 189 cm³/mol. The monoisotopic (exact) mass is 682 g/mol. The Labute approximate surface area is 274 Å². The third-order valence-electron chi connectivity index (χ3n) is 5.99. The highest BCUT2D eigenvalue weighted by Crippen LogP contribution is 2.26. The molecule has 12 nitrogen and oxygen atoms in total. The maximum Gasteiger partial charge on any atom is 0.342 e. The van der Waals surface area contributed by atoms with E-state index in [-0.39, 0.29) is 11.9 Å². The van der Waals surface area contributed by atoms with Gasteiger partial charge in [-0.1, -0.05) is 6.58 Å². The molecule has 3 rings (SSSR count). The van der Waals surface area contributed by atoms with Crippen molar-refractivity contribution in [1.29, 1.82) is 0 Å². The van der Waals surface area contributed by atoms with Crippen LogP contribution in [0.2, 0.25) is 51.9 Å². The average Bonchev–Trinajstić information content (AvgIpc) is 2.94. The van der Waals surface area contributed by atoms with Crippen LogP contribution in [0, 0.1) is 0 Å². The minimum Gasteiger partial charge on any atom is -0.462 e. The van der Waals surface area contributed by atoms with Crippen LogP contribution in [0.5, 0.6) is 0 Å². The van der Waals surface area contributed by atoms with E-state index in [1.807, 2.05) is 0 Å². The lowest BCUT2D eigenvalue weighted by atomic mass is 10.2. The lowest BCUT2D eigenvalue weighted by Crippen LogP contribution is -2.52. The Morgan fingerprint density at radius 1 is 0.739 bits per heavy atom. The van der Waals surface area contributed by atoms with Gasteiger partial charge < -0.3 is 33.7 Å². The van der Waals surface area contributed by atoms with E-state index in [2.05, 4.69) is 83.3 Å². The number of carbonyl (C=O) groups excluding carboxylic acids is 2. The van der Waals surface area contributed by atoms with Crippen LogP contribution in [0.15, 0.2) is 61.4 Å². The van der Waals surface area contributed by atoms with Crippen molar-refractivity contribution in [3.63, 3.8) is 0 Å². The quantitative estimate of drug-likeness (QED) is 0.0564. The number of hydrogen-bond donors (Lipinski definition) is 3. The van der Waals surface area contributed by atoms with Crippen LogP contribution in [-0.2, 0) is 17.7 Å². The molecule has 0 aliphatic heterocycles. The molecule has 0 bridgehead atoms. The number of hydrogen-bond acceptors (Lipinski definition) is 12. The zero-order valence-corrected chi connectivity index (χ0v) is 31.0. The maximum absolute atomic E-state index is 12.1. The van der Waals surface area contributed by atoms with Gasteiger partial charge in [-0.25, -0.2) is 9.59 Å². The number of nitrogens with one attached hydrogen (secondary N) is 3. The number of rotatable bonds is 17. The third-order valence-corrected chi connectivity index (χ3v) is 15.6. The molecule has 248 valence electrons. The van der Waals surface area contributed by atoms with Gasteiger partial charge in [-0.05, 0) is 114 Å². The van der Waals surface area contributed by atoms with Gasteiger partial charge in [0.1, 0.15) is 0 Å². The molecule has 3 aromatic rings. The van der Waals surface area contributed by atoms with Crippen LogP contribution in [0.25, 0.3) is 0 Å². The number of esters is 2. The van der Waals surface area contributed by atoms with Crippen molar-refractivity contribution in [2.75, 3.05) is 29.1 Å². The molecule has 15 heteroatoms. The number of benzene rings is 2. The van der Waals surface area contributed by atoms with Gasteiger partial charge in [0.25, 0.3) is 0 Å². The van der Waals surface area contributed by atoms with Gasteiger partial charge in [0.2, 0.25) is 17.8 Å². The van der Waals surface area contributed by atoms with Gasteiger partial charge in [-0.2, -0.15) is 15.0 Å². The van der Waals surface area contributed by atoms with Gasteiger partial charge in [0.15, 0.2) is 16.6 Å². The van der Waals surface area contributed by atoms with Gasteiger partial charge in [-0.15, -0.1) is 0 Å². The topological polar surface area (TPSA) is 146 Å². The summed E-state index contributed by atoms with van der Waals surface area (Å²) in [4.78, 5) is 37.8. The highest BCUT2D eigenvalue weighted by Gasteiger charge is 2.39. The molecule has 0 saturated carbocycles. The average molecular weight is 683 g/mol. The SMILES string of the molecule is C=COC(=O)c1ccc(Nc2nc(NCCC[Si](C)(O[Si](C)(C)C)O[Si](C)(C)C)nc(Nc3ccc(C(=O)OCC)cc3)n2)cc1. The number of aromatic nitrogens is 3. The Bertz CT molecular complexity index is 1460. The maximum atomic E-state index is 12.1. The van der Waals surface area contributed by atoms with Crippen molar-refractivity contribution >= 4 is 66.4 Å². The molecule has 0 unspecified atom stereocenters. The summed E-state index contributed by atoms with van der Waals surface area (Å²) in [7, 11) is -5.99. The number of nitrogens with zero attached hydrogens (tertiary/aromatic N) is 3. The first-order chi connectivity index (χ1) is 21.6. The fourth-order valence-corrected chi connectivity index (χ4v) is 17.1. The van der Waals surface area contributed by atoms with E-state index >= 15 is 0 Å². The molecule has 1 heterocycles. The van der Waals surface area contributed by atoms with Crippen molar-refractivity contribution in [1.82, 2.24) is 15.0 Å². The molecule has 46 heavy (non-hydrogen) atoms. The fourth-order valence-electron chi connectivity index (χ4n) is 4.59. The summed E-state index contributed by atoms with van der Waals surface area (Å²) in [5.74, 6) is 0.0557. The molecule has 0 aliphatic carbocycles. The molecule has 0 radical (unpaired) electrons. The van der Waals surface area contributed by atoms with Crippen LogP contribution in [0.1, 0.15) is 34.1 Å². The van der Waals surface area contributed by atoms with E-state index in [4.69, 9.17) is 17.7 Å². The zero-order chi connectivity index (χ0) is 34.0. The molecular weight excluding hydrogens is 637 g/mol. The second kappa shape index (κ2) is 16.1. The molecule has 3 N–H and O–H groups in total. The number of carbonyl (C=O) groups is 2. The minimum atomic E-state index is -2.38. The molecule has 2 aromatic carbocycles. The van der Waals surface area contributed by atoms with E-state index in [0.717, 1.165) is 18.7 Å². The van der Waals surface area contributed by atoms with E-state index < -0.39 is 31.2 Å². The van der Waals surface area contributed by atoms with Gasteiger partial charge in [-0.3, -0.25) is 0 Å². The van der Waals surface area contributed by atoms with Crippen LogP contribution in [0.4, 0.5) is 29.2 Å². The second-order valence-corrected chi connectivity index (χ2v) is 25.4. The van der Waals surface area contributed by atoms with Crippen molar-refractivity contribution in [3.8, 4) is 0 Å². The fraction of sp³-hybridized carbons (Fsp3) is 0.387. The van der Waals surface area contributed by atoms with E-state index in [9.17, 15) is 9.59 Å². The van der Waals surface area contributed by atoms with Gasteiger partial charge in [0, 0.05) is 17.9 Å². The molecule has 0 amide bonds. The summed E-state index contributed by atoms with van der Waals surface area (Å²) in [5.41, 5.74) is 2.16. The lowest BCUT2D eigenvalue weighted by molar-refractivity contribution is 0.0525. The van der Waals surface area contributed by atoms with E-state index in [0.29, 0.717) is 47.5 Å². The molecule has 0 spiro atoms. The molecular formula is C31H46N6O6Si3. The molecule has 0 saturated heterocycles. The van der Waals surface area contributed by atoms with E-state index in [1.165, 1.54) is 0 Å². The van der Waals surface area contributed by atoms with E-state index in [1.54, 1.807) is 55.5 Å².